The quantitative estimate of drug-likeness (QED) is 0.0243. The van der Waals surface area contributed by atoms with Crippen LogP contribution in [0.2, 0.25) is 0 Å². The molecule has 85 heavy (non-hydrogen) atoms. The summed E-state index contributed by atoms with van der Waals surface area (Å²) in [6, 6.07) is -0.870. The standard InChI is InChI=1S/C76H149N2O6P/c1-6-8-10-12-14-16-18-20-22-24-26-28-30-32-34-36-37-38-39-40-41-42-44-46-48-50-52-54-56-58-60-62-64-66-68-70-76(80)77-74(73-84-85(81,82)83-72-71-78(3,4)5)75(79)69-67-65-63-61-59-57-55-53-51-49-47-45-43-35-33-31-29-27-25-23-21-19-17-15-13-11-9-7-2/h51,53,59,61,67,69,74-75,79H,6-50,52,54-58,60,62-66,68,70-73H2,1-5H3,(H-,77,80,81,82)/p+1/b53-51+,61-59+,69-67+. The number of rotatable bonds is 71. The summed E-state index contributed by atoms with van der Waals surface area (Å²) >= 11 is 0. The summed E-state index contributed by atoms with van der Waals surface area (Å²) < 4.78 is 23.8. The molecular formula is C76H150N2O6P+. The molecule has 3 N–H and O–H groups in total. The van der Waals surface area contributed by atoms with Crippen molar-refractivity contribution in [3.05, 3.63) is 36.5 Å². The van der Waals surface area contributed by atoms with Gasteiger partial charge in [-0.15, -0.1) is 0 Å². The van der Waals surface area contributed by atoms with Crippen LogP contribution in [0.25, 0.3) is 0 Å². The van der Waals surface area contributed by atoms with Gasteiger partial charge in [-0.2, -0.15) is 0 Å². The second-order valence-corrected chi connectivity index (χ2v) is 28.8. The molecule has 3 atom stereocenters. The number of carbonyl (C=O) groups excluding carboxylic acids is 1. The summed E-state index contributed by atoms with van der Waals surface area (Å²) in [7, 11) is 1.56. The number of nitrogens with zero attached hydrogens (tertiary/aromatic N) is 1. The van der Waals surface area contributed by atoms with Gasteiger partial charge >= 0.3 is 7.82 Å². The third-order valence-corrected chi connectivity index (χ3v) is 18.6. The van der Waals surface area contributed by atoms with Gasteiger partial charge in [-0.3, -0.25) is 13.8 Å². The largest absolute Gasteiger partial charge is 0.472 e. The highest BCUT2D eigenvalue weighted by Gasteiger charge is 2.28. The number of quaternary nitrogens is 1. The Kier molecular flexibility index (Phi) is 66.1. The zero-order chi connectivity index (χ0) is 61.9. The SMILES string of the molecule is CCCCCCCCCCCCCCCCCCCC/C=C/CC/C=C/CC/C=C/C(O)C(COP(=O)(O)OCC[N+](C)(C)C)NC(=O)CCCCCCCCCCCCCCCCCCCCCCCCCCCCCCCCCCCCC. The van der Waals surface area contributed by atoms with Crippen molar-refractivity contribution in [2.24, 2.45) is 0 Å². The van der Waals surface area contributed by atoms with E-state index in [2.05, 4.69) is 43.5 Å². The van der Waals surface area contributed by atoms with Crippen LogP contribution < -0.4 is 5.32 Å². The minimum absolute atomic E-state index is 0.0555. The second-order valence-electron chi connectivity index (χ2n) is 27.4. The van der Waals surface area contributed by atoms with Crippen LogP contribution in [-0.4, -0.2) is 73.4 Å². The summed E-state index contributed by atoms with van der Waals surface area (Å²) in [5, 5.41) is 14.0. The lowest BCUT2D eigenvalue weighted by Gasteiger charge is -2.25. The van der Waals surface area contributed by atoms with Gasteiger partial charge in [0.15, 0.2) is 0 Å². The Labute approximate surface area is 531 Å². The molecule has 0 saturated carbocycles. The fourth-order valence-electron chi connectivity index (χ4n) is 11.7. The highest BCUT2D eigenvalue weighted by molar-refractivity contribution is 7.47. The Hall–Kier alpha value is -1.28. The van der Waals surface area contributed by atoms with Crippen LogP contribution in [0.5, 0.6) is 0 Å². The molecule has 0 aliphatic rings. The molecule has 0 rings (SSSR count). The smallest absolute Gasteiger partial charge is 0.387 e. The van der Waals surface area contributed by atoms with Gasteiger partial charge in [-0.05, 0) is 44.9 Å². The van der Waals surface area contributed by atoms with E-state index >= 15 is 0 Å². The van der Waals surface area contributed by atoms with Crippen molar-refractivity contribution in [1.29, 1.82) is 0 Å². The molecule has 3 unspecified atom stereocenters. The molecule has 8 nitrogen and oxygen atoms in total. The number of hydrogen-bond donors (Lipinski definition) is 3. The molecular weight excluding hydrogens is 1070 g/mol. The summed E-state index contributed by atoms with van der Waals surface area (Å²) in [5.74, 6) is -0.182. The van der Waals surface area contributed by atoms with E-state index in [1.807, 2.05) is 27.2 Å². The maximum atomic E-state index is 13.1. The summed E-state index contributed by atoms with van der Waals surface area (Å²) in [6.07, 6.45) is 90.5. The molecule has 504 valence electrons. The van der Waals surface area contributed by atoms with Crippen LogP contribution in [0.3, 0.4) is 0 Å². The zero-order valence-electron chi connectivity index (χ0n) is 57.9. The molecule has 0 aromatic rings. The van der Waals surface area contributed by atoms with E-state index in [1.165, 1.54) is 327 Å². The second kappa shape index (κ2) is 67.1. The predicted molar refractivity (Wildman–Crippen MR) is 374 cm³/mol. The first-order valence-electron chi connectivity index (χ1n) is 37.9. The normalized spacial score (nSPS) is 13.7. The molecule has 0 saturated heterocycles. The third kappa shape index (κ3) is 70.0. The number of aliphatic hydroxyl groups excluding tert-OH is 1. The average molecular weight is 1220 g/mol. The number of nitrogens with one attached hydrogen (secondary N) is 1. The highest BCUT2D eigenvalue weighted by atomic mass is 31.2. The predicted octanol–water partition coefficient (Wildman–Crippen LogP) is 24.4. The number of phosphoric acid groups is 1. The van der Waals surface area contributed by atoms with Crippen LogP contribution in [0.15, 0.2) is 36.5 Å². The molecule has 0 radical (unpaired) electrons. The fraction of sp³-hybridized carbons (Fsp3) is 0.908. The molecule has 0 aliphatic carbocycles. The van der Waals surface area contributed by atoms with E-state index < -0.39 is 20.0 Å². The Bertz CT molecular complexity index is 1480. The van der Waals surface area contributed by atoms with Gasteiger partial charge in [0.1, 0.15) is 13.2 Å². The maximum absolute atomic E-state index is 13.1. The van der Waals surface area contributed by atoms with E-state index in [4.69, 9.17) is 9.05 Å². The maximum Gasteiger partial charge on any atom is 0.472 e. The minimum atomic E-state index is -4.37. The van der Waals surface area contributed by atoms with Crippen molar-refractivity contribution in [3.63, 3.8) is 0 Å². The van der Waals surface area contributed by atoms with Crippen molar-refractivity contribution >= 4 is 13.7 Å². The minimum Gasteiger partial charge on any atom is -0.387 e. The van der Waals surface area contributed by atoms with Gasteiger partial charge in [-0.25, -0.2) is 4.57 Å². The monoisotopic (exact) mass is 1220 g/mol. The average Bonchev–Trinajstić information content (AvgIpc) is 3.48. The number of aliphatic hydroxyl groups is 1. The molecule has 0 heterocycles. The Morgan fingerprint density at radius 1 is 0.388 bits per heavy atom. The molecule has 0 bridgehead atoms. The first-order valence-corrected chi connectivity index (χ1v) is 39.4. The number of likely N-dealkylation sites (N-methyl/N-ethyl adjacent to an activating group) is 1. The van der Waals surface area contributed by atoms with Crippen LogP contribution >= 0.6 is 7.82 Å². The van der Waals surface area contributed by atoms with Gasteiger partial charge in [-0.1, -0.05) is 378 Å². The van der Waals surface area contributed by atoms with Crippen molar-refractivity contribution in [2.45, 2.75) is 405 Å². The van der Waals surface area contributed by atoms with Crippen molar-refractivity contribution < 1.29 is 32.9 Å². The summed E-state index contributed by atoms with van der Waals surface area (Å²) in [5.41, 5.74) is 0. The highest BCUT2D eigenvalue weighted by Crippen LogP contribution is 2.43. The van der Waals surface area contributed by atoms with Gasteiger partial charge in [0.05, 0.1) is 39.9 Å². The molecule has 9 heteroatoms. The first-order chi connectivity index (χ1) is 41.5. The molecule has 0 fully saturated rings. The Morgan fingerprint density at radius 2 is 0.647 bits per heavy atom. The van der Waals surface area contributed by atoms with Gasteiger partial charge in [0, 0.05) is 6.42 Å². The van der Waals surface area contributed by atoms with E-state index in [9.17, 15) is 19.4 Å². The van der Waals surface area contributed by atoms with Gasteiger partial charge < -0.3 is 19.8 Å². The van der Waals surface area contributed by atoms with Crippen LogP contribution in [-0.2, 0) is 18.4 Å². The molecule has 1 amide bonds. The van der Waals surface area contributed by atoms with E-state index in [1.54, 1.807) is 6.08 Å². The lowest BCUT2D eigenvalue weighted by Crippen LogP contribution is -2.45. The number of carbonyl (C=O) groups is 1. The van der Waals surface area contributed by atoms with Crippen LogP contribution in [0, 0.1) is 0 Å². The summed E-state index contributed by atoms with van der Waals surface area (Å²) in [4.78, 5) is 23.4. The topological polar surface area (TPSA) is 105 Å². The van der Waals surface area contributed by atoms with Crippen LogP contribution in [0.4, 0.5) is 0 Å². The Balaban J connectivity index is 4.02. The Morgan fingerprint density at radius 3 is 0.941 bits per heavy atom. The number of amides is 1. The van der Waals surface area contributed by atoms with E-state index in [-0.39, 0.29) is 19.1 Å². The molecule has 0 aliphatic heterocycles. The van der Waals surface area contributed by atoms with Crippen molar-refractivity contribution in [1.82, 2.24) is 5.32 Å². The number of unbranched alkanes of at least 4 members (excludes halogenated alkanes) is 54. The zero-order valence-corrected chi connectivity index (χ0v) is 58.8. The van der Waals surface area contributed by atoms with Crippen molar-refractivity contribution in [3.8, 4) is 0 Å². The molecule has 0 aromatic heterocycles. The number of phosphoric ester groups is 1. The lowest BCUT2D eigenvalue weighted by molar-refractivity contribution is -0.870. The van der Waals surface area contributed by atoms with Gasteiger partial charge in [0.2, 0.25) is 5.91 Å². The molecule has 0 aromatic carbocycles. The molecule has 0 spiro atoms. The first kappa shape index (κ1) is 83.7. The van der Waals surface area contributed by atoms with Crippen molar-refractivity contribution in [2.75, 3.05) is 40.9 Å². The third-order valence-electron chi connectivity index (χ3n) is 17.6. The van der Waals surface area contributed by atoms with Crippen LogP contribution in [0.1, 0.15) is 393 Å². The van der Waals surface area contributed by atoms with E-state index in [0.717, 1.165) is 44.9 Å². The fourth-order valence-corrected chi connectivity index (χ4v) is 12.5. The lowest BCUT2D eigenvalue weighted by atomic mass is 10.0. The van der Waals surface area contributed by atoms with E-state index in [0.29, 0.717) is 17.4 Å². The van der Waals surface area contributed by atoms with Gasteiger partial charge in [0.25, 0.3) is 0 Å². The number of hydrogen-bond acceptors (Lipinski definition) is 5. The number of allylic oxidation sites excluding steroid dienone is 5. The summed E-state index contributed by atoms with van der Waals surface area (Å²) in [6.45, 7) is 4.85.